The Morgan fingerprint density at radius 2 is 1.92 bits per heavy atom. The van der Waals surface area contributed by atoms with Crippen LogP contribution in [-0.2, 0) is 11.2 Å². The molecular weight excluding hydrogens is 377 g/mol. The zero-order valence-corrected chi connectivity index (χ0v) is 14.1. The third-order valence-corrected chi connectivity index (χ3v) is 3.95. The lowest BCUT2D eigenvalue weighted by atomic mass is 10.2. The molecule has 0 saturated heterocycles. The highest BCUT2D eigenvalue weighted by Crippen LogP contribution is 2.25. The van der Waals surface area contributed by atoms with Gasteiger partial charge in [0.25, 0.3) is 0 Å². The Kier molecular flexibility index (Phi) is 5.05. The van der Waals surface area contributed by atoms with Gasteiger partial charge in [0.05, 0.1) is 22.7 Å². The summed E-state index contributed by atoms with van der Waals surface area (Å²) < 4.78 is 25.2. The Hall–Kier alpha value is -2.47. The summed E-state index contributed by atoms with van der Waals surface area (Å²) in [4.78, 5) is 16.0. The van der Waals surface area contributed by atoms with Gasteiger partial charge in [-0.25, -0.2) is 9.37 Å². The van der Waals surface area contributed by atoms with Crippen molar-refractivity contribution in [3.05, 3.63) is 70.9 Å². The number of para-hydroxylation sites is 1. The maximum Gasteiger partial charge on any atom is 0.311 e. The Morgan fingerprint density at radius 1 is 1.17 bits per heavy atom. The van der Waals surface area contributed by atoms with Crippen LogP contribution in [0.1, 0.15) is 12.3 Å². The van der Waals surface area contributed by atoms with Crippen LogP contribution in [0.4, 0.5) is 4.39 Å². The van der Waals surface area contributed by atoms with E-state index in [0.29, 0.717) is 27.4 Å². The molecule has 0 bridgehead atoms. The first-order valence-electron chi connectivity index (χ1n) is 7.28. The third kappa shape index (κ3) is 3.89. The summed E-state index contributed by atoms with van der Waals surface area (Å²) in [5.74, 6) is 0.377. The van der Waals surface area contributed by atoms with Gasteiger partial charge in [0, 0.05) is 6.42 Å². The molecule has 122 valence electrons. The zero-order chi connectivity index (χ0) is 16.9. The van der Waals surface area contributed by atoms with E-state index < -0.39 is 5.97 Å². The van der Waals surface area contributed by atoms with Gasteiger partial charge >= 0.3 is 5.97 Å². The number of aromatic nitrogens is 1. The predicted octanol–water partition coefficient (Wildman–Crippen LogP) is 4.78. The average Bonchev–Trinajstić information content (AvgIpc) is 3.04. The summed E-state index contributed by atoms with van der Waals surface area (Å²) in [6.45, 7) is 0. The molecule has 0 radical (unpaired) electrons. The number of oxazole rings is 1. The van der Waals surface area contributed by atoms with Crippen LogP contribution >= 0.6 is 15.9 Å². The molecule has 0 spiro atoms. The van der Waals surface area contributed by atoms with Gasteiger partial charge in [-0.15, -0.1) is 0 Å². The van der Waals surface area contributed by atoms with Crippen molar-refractivity contribution in [2.75, 3.05) is 0 Å². The number of carbonyl (C=O) groups is 1. The molecule has 1 aromatic heterocycles. The van der Waals surface area contributed by atoms with Gasteiger partial charge in [-0.05, 0) is 40.2 Å². The molecule has 6 heteroatoms. The van der Waals surface area contributed by atoms with Gasteiger partial charge in [-0.3, -0.25) is 4.79 Å². The van der Waals surface area contributed by atoms with Crippen LogP contribution in [0.3, 0.4) is 0 Å². The molecule has 3 aromatic rings. The normalized spacial score (nSPS) is 10.6. The molecule has 0 aliphatic rings. The fraction of sp³-hybridized carbons (Fsp3) is 0.111. The smallest absolute Gasteiger partial charge is 0.311 e. The second-order valence-corrected chi connectivity index (χ2v) is 5.86. The summed E-state index contributed by atoms with van der Waals surface area (Å²) in [6.07, 6.45) is 1.84. The quantitative estimate of drug-likeness (QED) is 0.465. The van der Waals surface area contributed by atoms with Crippen LogP contribution in [0.25, 0.3) is 11.3 Å². The monoisotopic (exact) mass is 389 g/mol. The van der Waals surface area contributed by atoms with E-state index in [2.05, 4.69) is 20.9 Å². The highest BCUT2D eigenvalue weighted by molar-refractivity contribution is 9.10. The average molecular weight is 390 g/mol. The molecule has 0 amide bonds. The summed E-state index contributed by atoms with van der Waals surface area (Å²) in [7, 11) is 0. The van der Waals surface area contributed by atoms with Gasteiger partial charge in [0.2, 0.25) is 0 Å². The molecule has 2 aromatic carbocycles. The molecule has 0 aliphatic carbocycles. The van der Waals surface area contributed by atoms with E-state index in [-0.39, 0.29) is 18.7 Å². The molecule has 0 N–H and O–H groups in total. The first-order valence-corrected chi connectivity index (χ1v) is 8.07. The Bertz CT molecular complexity index is 863. The van der Waals surface area contributed by atoms with Crippen molar-refractivity contribution in [2.24, 2.45) is 0 Å². The number of halogens is 2. The Morgan fingerprint density at radius 3 is 2.71 bits per heavy atom. The predicted molar refractivity (Wildman–Crippen MR) is 90.0 cm³/mol. The lowest BCUT2D eigenvalue weighted by molar-refractivity contribution is -0.134. The van der Waals surface area contributed by atoms with Crippen molar-refractivity contribution >= 4 is 21.9 Å². The van der Waals surface area contributed by atoms with Crippen LogP contribution in [0.2, 0.25) is 0 Å². The lowest BCUT2D eigenvalue weighted by Crippen LogP contribution is -2.09. The van der Waals surface area contributed by atoms with E-state index in [4.69, 9.17) is 9.15 Å². The number of hydrogen-bond acceptors (Lipinski definition) is 4. The summed E-state index contributed by atoms with van der Waals surface area (Å²) in [6, 6.07) is 13.4. The molecule has 0 atom stereocenters. The first-order chi connectivity index (χ1) is 11.6. The molecule has 0 fully saturated rings. The summed E-state index contributed by atoms with van der Waals surface area (Å²) in [5, 5.41) is 0. The first kappa shape index (κ1) is 16.4. The molecule has 0 unspecified atom stereocenters. The molecule has 0 aliphatic heterocycles. The van der Waals surface area contributed by atoms with Crippen LogP contribution in [-0.4, -0.2) is 11.0 Å². The van der Waals surface area contributed by atoms with Gasteiger partial charge < -0.3 is 9.15 Å². The number of aryl methyl sites for hydroxylation is 1. The second-order valence-electron chi connectivity index (χ2n) is 5.00. The topological polar surface area (TPSA) is 52.3 Å². The van der Waals surface area contributed by atoms with Crippen molar-refractivity contribution < 1.29 is 18.3 Å². The molecule has 0 saturated carbocycles. The van der Waals surface area contributed by atoms with Crippen molar-refractivity contribution in [2.45, 2.75) is 12.8 Å². The minimum atomic E-state index is -0.396. The second kappa shape index (κ2) is 7.40. The largest absolute Gasteiger partial charge is 0.441 e. The number of nitrogens with zero attached hydrogens (tertiary/aromatic N) is 1. The Balaban J connectivity index is 1.61. The van der Waals surface area contributed by atoms with Gasteiger partial charge in [0.1, 0.15) is 11.6 Å². The fourth-order valence-electron chi connectivity index (χ4n) is 2.12. The maximum absolute atomic E-state index is 13.7. The molecule has 1 heterocycles. The van der Waals surface area contributed by atoms with Gasteiger partial charge in [-0.2, -0.15) is 0 Å². The minimum absolute atomic E-state index is 0.110. The number of esters is 1. The fourth-order valence-corrected chi connectivity index (χ4v) is 2.49. The van der Waals surface area contributed by atoms with Crippen molar-refractivity contribution in [1.82, 2.24) is 4.98 Å². The number of hydrogen-bond donors (Lipinski definition) is 0. The summed E-state index contributed by atoms with van der Waals surface area (Å²) in [5.41, 5.74) is 0.340. The molecule has 24 heavy (non-hydrogen) atoms. The van der Waals surface area contributed by atoms with Gasteiger partial charge in [0.15, 0.2) is 11.7 Å². The third-order valence-electron chi connectivity index (χ3n) is 3.30. The SMILES string of the molecule is O=C(CCc1ncc(-c2ccccc2F)o1)Oc1ccccc1Br. The van der Waals surface area contributed by atoms with Crippen LogP contribution < -0.4 is 4.74 Å². The van der Waals surface area contributed by atoms with E-state index in [0.717, 1.165) is 0 Å². The summed E-state index contributed by atoms with van der Waals surface area (Å²) >= 11 is 3.31. The zero-order valence-electron chi connectivity index (χ0n) is 12.5. The highest BCUT2D eigenvalue weighted by Gasteiger charge is 2.13. The van der Waals surface area contributed by atoms with E-state index in [1.807, 2.05) is 6.07 Å². The number of benzene rings is 2. The van der Waals surface area contributed by atoms with Crippen molar-refractivity contribution in [1.29, 1.82) is 0 Å². The lowest BCUT2D eigenvalue weighted by Gasteiger charge is -2.05. The van der Waals surface area contributed by atoms with Crippen molar-refractivity contribution in [3.63, 3.8) is 0 Å². The van der Waals surface area contributed by atoms with Crippen molar-refractivity contribution in [3.8, 4) is 17.1 Å². The molecular formula is C18H13BrFNO3. The van der Waals surface area contributed by atoms with Crippen LogP contribution in [0.15, 0.2) is 63.6 Å². The standard InChI is InChI=1S/C18H13BrFNO3/c19-13-6-2-4-8-15(13)24-18(22)10-9-17-21-11-16(23-17)12-5-1-3-7-14(12)20/h1-8,11H,9-10H2. The number of rotatable bonds is 5. The van der Waals surface area contributed by atoms with Crippen LogP contribution in [0, 0.1) is 5.82 Å². The maximum atomic E-state index is 13.7. The van der Waals surface area contributed by atoms with Crippen LogP contribution in [0.5, 0.6) is 5.75 Å². The highest BCUT2D eigenvalue weighted by atomic mass is 79.9. The Labute approximate surface area is 146 Å². The number of ether oxygens (including phenoxy) is 1. The van der Waals surface area contributed by atoms with E-state index in [1.54, 1.807) is 36.4 Å². The minimum Gasteiger partial charge on any atom is -0.441 e. The molecule has 4 nitrogen and oxygen atoms in total. The van der Waals surface area contributed by atoms with E-state index >= 15 is 0 Å². The number of carbonyl (C=O) groups excluding carboxylic acids is 1. The van der Waals surface area contributed by atoms with E-state index in [9.17, 15) is 9.18 Å². The van der Waals surface area contributed by atoms with Gasteiger partial charge in [-0.1, -0.05) is 24.3 Å². The van der Waals surface area contributed by atoms with E-state index in [1.165, 1.54) is 12.3 Å². The molecule has 3 rings (SSSR count).